The van der Waals surface area contributed by atoms with E-state index in [2.05, 4.69) is 0 Å². The van der Waals surface area contributed by atoms with Crippen molar-refractivity contribution in [2.75, 3.05) is 20.1 Å². The van der Waals surface area contributed by atoms with Gasteiger partial charge in [0.15, 0.2) is 5.82 Å². The molecule has 0 amide bonds. The molecule has 1 N–H and O–H groups in total. The molecule has 1 rings (SSSR count). The molecule has 1 saturated heterocycles. The maximum atomic E-state index is 12.6. The topological polar surface area (TPSA) is 15.3 Å². The minimum Gasteiger partial charge on any atom is -0.370 e. The summed E-state index contributed by atoms with van der Waals surface area (Å²) in [6, 6.07) is 0. The molecular formula is C10H12F8N2. The molecule has 0 saturated carbocycles. The second-order valence-corrected chi connectivity index (χ2v) is 4.48. The molecule has 0 aromatic heterocycles. The van der Waals surface area contributed by atoms with Crippen LogP contribution in [0, 0.1) is 11.8 Å². The molecule has 0 aromatic rings. The first-order valence-electron chi connectivity index (χ1n) is 5.58. The Bertz CT molecular complexity index is 346. The minimum absolute atomic E-state index is 0.398. The monoisotopic (exact) mass is 312 g/mol. The SMILES string of the molecule is CNC(=C(F)F)N1CC(C(F)(F)F)CC(C(F)(F)F)C1. The van der Waals surface area contributed by atoms with Crippen molar-refractivity contribution in [2.45, 2.75) is 18.8 Å². The van der Waals surface area contributed by atoms with E-state index in [1.807, 2.05) is 5.32 Å². The summed E-state index contributed by atoms with van der Waals surface area (Å²) in [7, 11) is 1.01. The molecule has 1 heterocycles. The Kier molecular flexibility index (Phi) is 4.75. The van der Waals surface area contributed by atoms with Gasteiger partial charge in [0.25, 0.3) is 0 Å². The first-order valence-corrected chi connectivity index (χ1v) is 5.58. The Morgan fingerprint density at radius 2 is 1.35 bits per heavy atom. The molecule has 10 heteroatoms. The summed E-state index contributed by atoms with van der Waals surface area (Å²) in [4.78, 5) is 0.398. The Balaban J connectivity index is 3.06. The molecule has 2 nitrogen and oxygen atoms in total. The first-order chi connectivity index (χ1) is 8.96. The van der Waals surface area contributed by atoms with Crippen molar-refractivity contribution in [3.05, 3.63) is 11.9 Å². The van der Waals surface area contributed by atoms with Gasteiger partial charge >= 0.3 is 18.4 Å². The van der Waals surface area contributed by atoms with E-state index in [4.69, 9.17) is 0 Å². The predicted molar refractivity (Wildman–Crippen MR) is 53.6 cm³/mol. The summed E-state index contributed by atoms with van der Waals surface area (Å²) in [6.45, 7) is -1.85. The normalized spacial score (nSPS) is 24.6. The number of alkyl halides is 6. The number of halogens is 8. The van der Waals surface area contributed by atoms with Gasteiger partial charge < -0.3 is 10.2 Å². The molecule has 0 radical (unpaired) electrons. The lowest BCUT2D eigenvalue weighted by molar-refractivity contribution is -0.228. The average molecular weight is 312 g/mol. The zero-order valence-electron chi connectivity index (χ0n) is 10.2. The van der Waals surface area contributed by atoms with Crippen LogP contribution in [-0.4, -0.2) is 37.4 Å². The highest BCUT2D eigenvalue weighted by Crippen LogP contribution is 2.42. The molecule has 0 aliphatic carbocycles. The number of likely N-dealkylation sites (tertiary alicyclic amines) is 1. The van der Waals surface area contributed by atoms with E-state index in [0.29, 0.717) is 4.90 Å². The molecule has 1 fully saturated rings. The summed E-state index contributed by atoms with van der Waals surface area (Å²) in [5.41, 5.74) is 0. The van der Waals surface area contributed by atoms with Crippen molar-refractivity contribution in [3.8, 4) is 0 Å². The van der Waals surface area contributed by atoms with Crippen LogP contribution in [0.5, 0.6) is 0 Å². The second-order valence-electron chi connectivity index (χ2n) is 4.48. The number of hydrogen-bond donors (Lipinski definition) is 1. The third-order valence-electron chi connectivity index (χ3n) is 3.11. The largest absolute Gasteiger partial charge is 0.393 e. The van der Waals surface area contributed by atoms with E-state index in [1.165, 1.54) is 0 Å². The number of nitrogens with one attached hydrogen (secondary N) is 1. The van der Waals surface area contributed by atoms with Crippen LogP contribution in [0.4, 0.5) is 35.1 Å². The maximum absolute atomic E-state index is 12.6. The fraction of sp³-hybridized carbons (Fsp3) is 0.800. The Hall–Kier alpha value is -1.22. The van der Waals surface area contributed by atoms with E-state index < -0.39 is 55.6 Å². The van der Waals surface area contributed by atoms with Crippen molar-refractivity contribution < 1.29 is 35.1 Å². The highest BCUT2D eigenvalue weighted by atomic mass is 19.4. The van der Waals surface area contributed by atoms with Crippen LogP contribution in [0.1, 0.15) is 6.42 Å². The van der Waals surface area contributed by atoms with Crippen LogP contribution >= 0.6 is 0 Å². The summed E-state index contributed by atoms with van der Waals surface area (Å²) in [6.07, 6.45) is -13.2. The Morgan fingerprint density at radius 1 is 0.950 bits per heavy atom. The Morgan fingerprint density at radius 3 is 1.60 bits per heavy atom. The third-order valence-corrected chi connectivity index (χ3v) is 3.11. The lowest BCUT2D eigenvalue weighted by atomic mass is 9.88. The summed E-state index contributed by atoms with van der Waals surface area (Å²) in [5.74, 6) is -5.61. The molecule has 0 bridgehead atoms. The van der Waals surface area contributed by atoms with E-state index >= 15 is 0 Å². The molecule has 1 aliphatic heterocycles. The molecule has 20 heavy (non-hydrogen) atoms. The predicted octanol–water partition coefficient (Wildman–Crippen LogP) is 3.33. The molecule has 0 aromatic carbocycles. The zero-order valence-corrected chi connectivity index (χ0v) is 10.2. The maximum Gasteiger partial charge on any atom is 0.393 e. The fourth-order valence-electron chi connectivity index (χ4n) is 2.13. The van der Waals surface area contributed by atoms with Crippen LogP contribution in [0.15, 0.2) is 11.9 Å². The van der Waals surface area contributed by atoms with Crippen LogP contribution < -0.4 is 5.32 Å². The first kappa shape index (κ1) is 16.8. The number of hydrogen-bond acceptors (Lipinski definition) is 2. The molecule has 2 unspecified atom stereocenters. The molecule has 2 atom stereocenters. The van der Waals surface area contributed by atoms with Crippen molar-refractivity contribution in [1.29, 1.82) is 0 Å². The summed E-state index contributed by atoms with van der Waals surface area (Å²) >= 11 is 0. The summed E-state index contributed by atoms with van der Waals surface area (Å²) in [5, 5.41) is 1.94. The number of piperidine rings is 1. The number of nitrogens with zero attached hydrogens (tertiary/aromatic N) is 1. The average Bonchev–Trinajstić information content (AvgIpc) is 2.26. The van der Waals surface area contributed by atoms with Crippen LogP contribution in [0.25, 0.3) is 0 Å². The van der Waals surface area contributed by atoms with Gasteiger partial charge in [-0.25, -0.2) is 0 Å². The van der Waals surface area contributed by atoms with Gasteiger partial charge in [-0.15, -0.1) is 0 Å². The van der Waals surface area contributed by atoms with Crippen molar-refractivity contribution >= 4 is 0 Å². The quantitative estimate of drug-likeness (QED) is 0.787. The van der Waals surface area contributed by atoms with Crippen molar-refractivity contribution in [1.82, 2.24) is 10.2 Å². The highest BCUT2D eigenvalue weighted by Gasteiger charge is 2.52. The summed E-state index contributed by atoms with van der Waals surface area (Å²) < 4.78 is 101. The lowest BCUT2D eigenvalue weighted by Crippen LogP contribution is -2.50. The van der Waals surface area contributed by atoms with Crippen LogP contribution in [-0.2, 0) is 0 Å². The third kappa shape index (κ3) is 3.89. The van der Waals surface area contributed by atoms with E-state index in [9.17, 15) is 35.1 Å². The zero-order chi connectivity index (χ0) is 15.7. The van der Waals surface area contributed by atoms with Gasteiger partial charge in [-0.05, 0) is 6.42 Å². The fourth-order valence-corrected chi connectivity index (χ4v) is 2.13. The van der Waals surface area contributed by atoms with Gasteiger partial charge in [0, 0.05) is 20.1 Å². The van der Waals surface area contributed by atoms with Gasteiger partial charge in [0.1, 0.15) is 0 Å². The molecular weight excluding hydrogens is 300 g/mol. The molecule has 1 aliphatic rings. The number of rotatable bonds is 2. The van der Waals surface area contributed by atoms with E-state index in [-0.39, 0.29) is 0 Å². The second kappa shape index (κ2) is 5.65. The van der Waals surface area contributed by atoms with Gasteiger partial charge in [0.05, 0.1) is 11.8 Å². The van der Waals surface area contributed by atoms with Gasteiger partial charge in [-0.1, -0.05) is 0 Å². The van der Waals surface area contributed by atoms with Crippen molar-refractivity contribution in [3.63, 3.8) is 0 Å². The van der Waals surface area contributed by atoms with E-state index in [0.717, 1.165) is 7.05 Å². The van der Waals surface area contributed by atoms with Gasteiger partial charge in [0.2, 0.25) is 0 Å². The lowest BCUT2D eigenvalue weighted by Gasteiger charge is -2.40. The smallest absolute Gasteiger partial charge is 0.370 e. The van der Waals surface area contributed by atoms with Gasteiger partial charge in [-0.3, -0.25) is 0 Å². The Labute approximate surface area is 109 Å². The molecule has 0 spiro atoms. The molecule has 118 valence electrons. The van der Waals surface area contributed by atoms with Crippen LogP contribution in [0.2, 0.25) is 0 Å². The van der Waals surface area contributed by atoms with Gasteiger partial charge in [-0.2, -0.15) is 35.1 Å². The minimum atomic E-state index is -4.87. The van der Waals surface area contributed by atoms with Crippen LogP contribution in [0.3, 0.4) is 0 Å². The van der Waals surface area contributed by atoms with Crippen molar-refractivity contribution in [2.24, 2.45) is 11.8 Å². The highest BCUT2D eigenvalue weighted by molar-refractivity contribution is 5.02. The standard InChI is InChI=1S/C10H12F8N2/c1-19-8(7(11)12)20-3-5(9(13,14)15)2-6(4-20)10(16,17)18/h5-6,19H,2-4H2,1H3. The van der Waals surface area contributed by atoms with E-state index in [1.54, 1.807) is 0 Å².